The van der Waals surface area contributed by atoms with E-state index in [2.05, 4.69) is 209 Å². The first-order valence-corrected chi connectivity index (χ1v) is 20.7. The van der Waals surface area contributed by atoms with Crippen LogP contribution in [-0.4, -0.2) is 19.1 Å². The fourth-order valence-electron chi connectivity index (χ4n) is 9.60. The standard InChI is InChI=1S/C56H34N4O/c1-3-13-35(14-4-1)37-23-25-39(26-24-37)53-43-18-7-10-20-46(43)57-56(58-53)60-48-33-34-50-52(44-19-9-12-22-49(44)61-50)51(48)45-32-31-42-41-17-8-11-21-47(41)59(54(42)55(45)60)40-29-27-38(28-30-40)36-15-5-2-6-16-36/h1-34H. The summed E-state index contributed by atoms with van der Waals surface area (Å²) in [6.45, 7) is 0. The second kappa shape index (κ2) is 13.1. The van der Waals surface area contributed by atoms with E-state index in [0.29, 0.717) is 5.95 Å². The molecule has 0 spiro atoms. The van der Waals surface area contributed by atoms with Crippen molar-refractivity contribution in [1.82, 2.24) is 19.1 Å². The molecule has 0 N–H and O–H groups in total. The Balaban J connectivity index is 1.16. The first kappa shape index (κ1) is 33.7. The largest absolute Gasteiger partial charge is 0.456 e. The van der Waals surface area contributed by atoms with E-state index < -0.39 is 0 Å². The van der Waals surface area contributed by atoms with Crippen LogP contribution >= 0.6 is 0 Å². The Morgan fingerprint density at radius 1 is 0.328 bits per heavy atom. The smallest absolute Gasteiger partial charge is 0.235 e. The number of benzene rings is 9. The van der Waals surface area contributed by atoms with Crippen LogP contribution in [-0.2, 0) is 0 Å². The summed E-state index contributed by atoms with van der Waals surface area (Å²) in [4.78, 5) is 11.0. The average molecular weight is 779 g/mol. The number of nitrogens with zero attached hydrogens (tertiary/aromatic N) is 4. The van der Waals surface area contributed by atoms with Crippen LogP contribution in [0.4, 0.5) is 0 Å². The minimum Gasteiger partial charge on any atom is -0.456 e. The third-order valence-electron chi connectivity index (χ3n) is 12.4. The van der Waals surface area contributed by atoms with Gasteiger partial charge in [0.05, 0.1) is 33.3 Å². The predicted molar refractivity (Wildman–Crippen MR) is 252 cm³/mol. The maximum atomic E-state index is 6.53. The number of fused-ring (bicyclic) bond motifs is 12. The van der Waals surface area contributed by atoms with E-state index in [4.69, 9.17) is 14.4 Å². The number of para-hydroxylation sites is 3. The van der Waals surface area contributed by atoms with Gasteiger partial charge in [0.15, 0.2) is 0 Å². The van der Waals surface area contributed by atoms with E-state index in [9.17, 15) is 0 Å². The Morgan fingerprint density at radius 2 is 0.902 bits per heavy atom. The van der Waals surface area contributed by atoms with Gasteiger partial charge in [-0.25, -0.2) is 9.97 Å². The Morgan fingerprint density at radius 3 is 1.66 bits per heavy atom. The zero-order chi connectivity index (χ0) is 40.0. The summed E-state index contributed by atoms with van der Waals surface area (Å²) in [5.74, 6) is 0.608. The molecule has 61 heavy (non-hydrogen) atoms. The highest BCUT2D eigenvalue weighted by molar-refractivity contribution is 6.31. The molecule has 13 rings (SSSR count). The van der Waals surface area contributed by atoms with Gasteiger partial charge in [-0.05, 0) is 64.7 Å². The highest BCUT2D eigenvalue weighted by Gasteiger charge is 2.26. The minimum absolute atomic E-state index is 0.608. The number of hydrogen-bond acceptors (Lipinski definition) is 3. The molecule has 4 heterocycles. The summed E-state index contributed by atoms with van der Waals surface area (Å²) >= 11 is 0. The summed E-state index contributed by atoms with van der Waals surface area (Å²) in [7, 11) is 0. The molecule has 0 aliphatic carbocycles. The zero-order valence-electron chi connectivity index (χ0n) is 32.8. The van der Waals surface area contributed by atoms with Crippen LogP contribution in [0, 0.1) is 0 Å². The van der Waals surface area contributed by atoms with Gasteiger partial charge in [-0.1, -0.05) is 164 Å². The lowest BCUT2D eigenvalue weighted by atomic mass is 10.0. The van der Waals surface area contributed by atoms with Crippen molar-refractivity contribution in [3.8, 4) is 45.1 Å². The van der Waals surface area contributed by atoms with Gasteiger partial charge in [-0.15, -0.1) is 0 Å². The van der Waals surface area contributed by atoms with Crippen molar-refractivity contribution in [3.05, 3.63) is 206 Å². The molecule has 284 valence electrons. The summed E-state index contributed by atoms with van der Waals surface area (Å²) in [6.07, 6.45) is 0. The molecule has 5 nitrogen and oxygen atoms in total. The molecule has 0 saturated heterocycles. The molecule has 0 atom stereocenters. The highest BCUT2D eigenvalue weighted by Crippen LogP contribution is 2.46. The average Bonchev–Trinajstić information content (AvgIpc) is 4.00. The van der Waals surface area contributed by atoms with Crippen molar-refractivity contribution in [3.63, 3.8) is 0 Å². The van der Waals surface area contributed by atoms with E-state index in [1.807, 2.05) is 6.07 Å². The Hall–Kier alpha value is -8.28. The van der Waals surface area contributed by atoms with Crippen molar-refractivity contribution < 1.29 is 4.42 Å². The second-order valence-corrected chi connectivity index (χ2v) is 15.7. The summed E-state index contributed by atoms with van der Waals surface area (Å²) in [6, 6.07) is 73.0. The molecule has 0 bridgehead atoms. The first-order valence-electron chi connectivity index (χ1n) is 20.7. The van der Waals surface area contributed by atoms with Crippen molar-refractivity contribution in [1.29, 1.82) is 0 Å². The van der Waals surface area contributed by atoms with Gasteiger partial charge in [0.25, 0.3) is 0 Å². The van der Waals surface area contributed by atoms with E-state index in [1.54, 1.807) is 0 Å². The van der Waals surface area contributed by atoms with Gasteiger partial charge in [-0.2, -0.15) is 0 Å². The SMILES string of the molecule is c1ccc(-c2ccc(-c3nc(-n4c5ccc6oc7ccccc7c6c5c5ccc6c7ccccc7n(-c7ccc(-c8ccccc8)cc7)c6c54)nc4ccccc34)cc2)cc1. The summed E-state index contributed by atoms with van der Waals surface area (Å²) < 4.78 is 11.3. The van der Waals surface area contributed by atoms with E-state index in [-0.39, 0.29) is 0 Å². The third-order valence-corrected chi connectivity index (χ3v) is 12.4. The third kappa shape index (κ3) is 5.08. The van der Waals surface area contributed by atoms with Gasteiger partial charge in [-0.3, -0.25) is 4.57 Å². The van der Waals surface area contributed by atoms with Gasteiger partial charge >= 0.3 is 0 Å². The van der Waals surface area contributed by atoms with E-state index in [0.717, 1.165) is 93.6 Å². The van der Waals surface area contributed by atoms with E-state index >= 15 is 0 Å². The predicted octanol–water partition coefficient (Wildman–Crippen LogP) is 14.7. The molecule has 0 aliphatic rings. The lowest BCUT2D eigenvalue weighted by Crippen LogP contribution is -2.05. The van der Waals surface area contributed by atoms with Crippen LogP contribution in [0.1, 0.15) is 0 Å². The van der Waals surface area contributed by atoms with Crippen molar-refractivity contribution in [2.75, 3.05) is 0 Å². The normalized spacial score (nSPS) is 11.9. The number of rotatable bonds is 5. The summed E-state index contributed by atoms with van der Waals surface area (Å²) in [5, 5.41) is 7.73. The zero-order valence-corrected chi connectivity index (χ0v) is 32.8. The molecule has 9 aromatic carbocycles. The molecule has 0 unspecified atom stereocenters. The Bertz CT molecular complexity index is 3840. The van der Waals surface area contributed by atoms with Crippen molar-refractivity contribution in [2.45, 2.75) is 0 Å². The topological polar surface area (TPSA) is 48.8 Å². The van der Waals surface area contributed by atoms with Gasteiger partial charge < -0.3 is 8.98 Å². The van der Waals surface area contributed by atoms with Crippen molar-refractivity contribution >= 4 is 76.5 Å². The van der Waals surface area contributed by atoms with Crippen LogP contribution in [0.2, 0.25) is 0 Å². The molecule has 0 radical (unpaired) electrons. The van der Waals surface area contributed by atoms with Crippen LogP contribution in [0.5, 0.6) is 0 Å². The molecular formula is C56H34N4O. The maximum Gasteiger partial charge on any atom is 0.235 e. The molecule has 0 fully saturated rings. The highest BCUT2D eigenvalue weighted by atomic mass is 16.3. The van der Waals surface area contributed by atoms with Gasteiger partial charge in [0, 0.05) is 49.0 Å². The lowest BCUT2D eigenvalue weighted by Gasteiger charge is -2.14. The number of furan rings is 1. The quantitative estimate of drug-likeness (QED) is 0.175. The molecule has 13 aromatic rings. The first-order chi connectivity index (χ1) is 30.3. The number of aromatic nitrogens is 4. The monoisotopic (exact) mass is 778 g/mol. The Kier molecular flexibility index (Phi) is 7.24. The lowest BCUT2D eigenvalue weighted by molar-refractivity contribution is 0.669. The van der Waals surface area contributed by atoms with Gasteiger partial charge in [0.2, 0.25) is 5.95 Å². The van der Waals surface area contributed by atoms with Crippen molar-refractivity contribution in [2.24, 2.45) is 0 Å². The molecule has 4 aromatic heterocycles. The molecule has 5 heteroatoms. The summed E-state index contributed by atoms with van der Waals surface area (Å²) in [5.41, 5.74) is 14.6. The van der Waals surface area contributed by atoms with Crippen LogP contribution in [0.3, 0.4) is 0 Å². The molecular weight excluding hydrogens is 745 g/mol. The van der Waals surface area contributed by atoms with Gasteiger partial charge in [0.1, 0.15) is 11.2 Å². The van der Waals surface area contributed by atoms with Crippen LogP contribution in [0.15, 0.2) is 211 Å². The fraction of sp³-hybridized carbons (Fsp3) is 0. The minimum atomic E-state index is 0.608. The van der Waals surface area contributed by atoms with E-state index in [1.165, 1.54) is 22.1 Å². The van der Waals surface area contributed by atoms with Crippen LogP contribution in [0.25, 0.3) is 122 Å². The molecule has 0 aliphatic heterocycles. The van der Waals surface area contributed by atoms with Crippen LogP contribution < -0.4 is 0 Å². The Labute approximate surface area is 350 Å². The second-order valence-electron chi connectivity index (χ2n) is 15.7. The fourth-order valence-corrected chi connectivity index (χ4v) is 9.60. The number of hydrogen-bond donors (Lipinski definition) is 0. The molecule has 0 saturated carbocycles. The maximum absolute atomic E-state index is 6.53. The molecule has 0 amide bonds.